The molecule has 1 heterocycles. The van der Waals surface area contributed by atoms with Crippen LogP contribution >= 0.6 is 0 Å². The zero-order valence-corrected chi connectivity index (χ0v) is 12.5. The fourth-order valence-corrected chi connectivity index (χ4v) is 2.02. The van der Waals surface area contributed by atoms with Crippen molar-refractivity contribution in [3.63, 3.8) is 0 Å². The largest absolute Gasteiger partial charge is 0.421 e. The average molecular weight is 288 g/mol. The number of rotatable bonds is 5. The van der Waals surface area contributed by atoms with Gasteiger partial charge in [0.2, 0.25) is 17.7 Å². The summed E-state index contributed by atoms with van der Waals surface area (Å²) in [5, 5.41) is 10.6. The van der Waals surface area contributed by atoms with E-state index in [1.54, 1.807) is 13.0 Å². The smallest absolute Gasteiger partial charge is 0.249 e. The van der Waals surface area contributed by atoms with Crippen LogP contribution in [0, 0.1) is 12.8 Å². The minimum Gasteiger partial charge on any atom is -0.421 e. The summed E-state index contributed by atoms with van der Waals surface area (Å²) in [6.07, 6.45) is 0.633. The van der Waals surface area contributed by atoms with Gasteiger partial charge in [-0.3, -0.25) is 4.79 Å². The molecule has 0 unspecified atom stereocenters. The van der Waals surface area contributed by atoms with Crippen molar-refractivity contribution in [2.45, 2.75) is 33.2 Å². The van der Waals surface area contributed by atoms with Crippen LogP contribution in [-0.2, 0) is 4.79 Å². The zero-order chi connectivity index (χ0) is 15.4. The molecule has 3 N–H and O–H groups in total. The molecule has 0 bridgehead atoms. The third kappa shape index (κ3) is 3.88. The quantitative estimate of drug-likeness (QED) is 0.880. The number of carbonyl (C=O) groups excluding carboxylic acids is 1. The number of anilines is 1. The summed E-state index contributed by atoms with van der Waals surface area (Å²) in [6, 6.07) is 6.74. The lowest BCUT2D eigenvalue weighted by Gasteiger charge is -2.15. The van der Waals surface area contributed by atoms with Crippen molar-refractivity contribution in [2.75, 3.05) is 5.32 Å². The first kappa shape index (κ1) is 15.2. The molecule has 0 radical (unpaired) electrons. The number of amides is 1. The summed E-state index contributed by atoms with van der Waals surface area (Å²) in [5.41, 5.74) is 7.20. The Bertz CT molecular complexity index is 622. The highest BCUT2D eigenvalue weighted by Gasteiger charge is 2.18. The maximum atomic E-state index is 12.1. The molecule has 0 saturated carbocycles. The predicted octanol–water partition coefficient (Wildman–Crippen LogP) is 2.36. The first-order chi connectivity index (χ1) is 9.97. The number of nitrogens with one attached hydrogen (secondary N) is 1. The van der Waals surface area contributed by atoms with E-state index in [0.29, 0.717) is 35.4 Å². The molecule has 0 fully saturated rings. The van der Waals surface area contributed by atoms with Gasteiger partial charge in [0.15, 0.2) is 0 Å². The van der Waals surface area contributed by atoms with Crippen LogP contribution in [0.3, 0.4) is 0 Å². The van der Waals surface area contributed by atoms with Crippen LogP contribution in [0.25, 0.3) is 11.5 Å². The first-order valence-electron chi connectivity index (χ1n) is 6.93. The van der Waals surface area contributed by atoms with Gasteiger partial charge in [0.25, 0.3) is 0 Å². The van der Waals surface area contributed by atoms with Crippen LogP contribution in [0.1, 0.15) is 26.2 Å². The third-order valence-corrected chi connectivity index (χ3v) is 3.00. The SMILES string of the molecule is Cc1nnc(-c2ccccc2NC(=O)[C@@H](N)CC(C)C)o1. The van der Waals surface area contributed by atoms with Gasteiger partial charge in [-0.1, -0.05) is 26.0 Å². The third-order valence-electron chi connectivity index (χ3n) is 3.00. The molecule has 0 saturated heterocycles. The lowest BCUT2D eigenvalue weighted by Crippen LogP contribution is -2.36. The first-order valence-corrected chi connectivity index (χ1v) is 6.93. The number of nitrogens with zero attached hydrogens (tertiary/aromatic N) is 2. The summed E-state index contributed by atoms with van der Waals surface area (Å²) in [7, 11) is 0. The molecule has 0 aliphatic heterocycles. The number of benzene rings is 1. The monoisotopic (exact) mass is 288 g/mol. The van der Waals surface area contributed by atoms with Crippen molar-refractivity contribution in [3.8, 4) is 11.5 Å². The highest BCUT2D eigenvalue weighted by atomic mass is 16.4. The molecule has 2 rings (SSSR count). The molecule has 2 aromatic rings. The van der Waals surface area contributed by atoms with E-state index in [1.807, 2.05) is 32.0 Å². The molecular formula is C15H20N4O2. The minimum absolute atomic E-state index is 0.215. The van der Waals surface area contributed by atoms with E-state index in [-0.39, 0.29) is 5.91 Å². The highest BCUT2D eigenvalue weighted by molar-refractivity contribution is 5.97. The van der Waals surface area contributed by atoms with E-state index >= 15 is 0 Å². The summed E-state index contributed by atoms with van der Waals surface area (Å²) in [5.74, 6) is 0.996. The molecule has 6 heteroatoms. The van der Waals surface area contributed by atoms with Gasteiger partial charge in [-0.15, -0.1) is 10.2 Å². The van der Waals surface area contributed by atoms with Crippen molar-refractivity contribution in [1.29, 1.82) is 0 Å². The van der Waals surface area contributed by atoms with E-state index in [2.05, 4.69) is 15.5 Å². The molecule has 112 valence electrons. The van der Waals surface area contributed by atoms with E-state index < -0.39 is 6.04 Å². The Morgan fingerprint density at radius 3 is 2.67 bits per heavy atom. The summed E-state index contributed by atoms with van der Waals surface area (Å²) in [4.78, 5) is 12.1. The zero-order valence-electron chi connectivity index (χ0n) is 12.5. The second kappa shape index (κ2) is 6.49. The van der Waals surface area contributed by atoms with Crippen LogP contribution in [0.5, 0.6) is 0 Å². The molecule has 1 atom stereocenters. The second-order valence-corrected chi connectivity index (χ2v) is 5.40. The van der Waals surface area contributed by atoms with E-state index in [4.69, 9.17) is 10.2 Å². The van der Waals surface area contributed by atoms with Crippen molar-refractivity contribution < 1.29 is 9.21 Å². The van der Waals surface area contributed by atoms with Crippen molar-refractivity contribution in [3.05, 3.63) is 30.2 Å². The lowest BCUT2D eigenvalue weighted by atomic mass is 10.0. The fourth-order valence-electron chi connectivity index (χ4n) is 2.02. The Labute approximate surface area is 123 Å². The minimum atomic E-state index is -0.539. The molecule has 0 spiro atoms. The molecule has 1 amide bonds. The Kier molecular flexibility index (Phi) is 4.70. The molecule has 6 nitrogen and oxygen atoms in total. The van der Waals surface area contributed by atoms with Crippen LogP contribution in [-0.4, -0.2) is 22.1 Å². The van der Waals surface area contributed by atoms with Gasteiger partial charge >= 0.3 is 0 Å². The van der Waals surface area contributed by atoms with E-state index in [0.717, 1.165) is 0 Å². The number of aromatic nitrogens is 2. The van der Waals surface area contributed by atoms with Gasteiger partial charge in [0, 0.05) is 6.92 Å². The van der Waals surface area contributed by atoms with Crippen LogP contribution in [0.15, 0.2) is 28.7 Å². The molecule has 0 aliphatic carbocycles. The van der Waals surface area contributed by atoms with Crippen molar-refractivity contribution in [2.24, 2.45) is 11.7 Å². The van der Waals surface area contributed by atoms with Crippen LogP contribution < -0.4 is 11.1 Å². The number of hydrogen-bond acceptors (Lipinski definition) is 5. The molecule has 0 aliphatic rings. The Morgan fingerprint density at radius 2 is 2.05 bits per heavy atom. The van der Waals surface area contributed by atoms with Gasteiger partial charge in [-0.2, -0.15) is 0 Å². The lowest BCUT2D eigenvalue weighted by molar-refractivity contribution is -0.117. The summed E-state index contributed by atoms with van der Waals surface area (Å²) >= 11 is 0. The number of para-hydroxylation sites is 1. The standard InChI is InChI=1S/C15H20N4O2/c1-9(2)8-12(16)14(20)17-13-7-5-4-6-11(13)15-19-18-10(3)21-15/h4-7,9,12H,8,16H2,1-3H3,(H,17,20)/t12-/m0/s1. The van der Waals surface area contributed by atoms with Gasteiger partial charge in [-0.25, -0.2) is 0 Å². The molecule has 21 heavy (non-hydrogen) atoms. The Balaban J connectivity index is 2.19. The summed E-state index contributed by atoms with van der Waals surface area (Å²) < 4.78 is 5.41. The van der Waals surface area contributed by atoms with E-state index in [9.17, 15) is 4.79 Å². The maximum Gasteiger partial charge on any atom is 0.249 e. The number of hydrogen-bond donors (Lipinski definition) is 2. The topological polar surface area (TPSA) is 94.0 Å². The van der Waals surface area contributed by atoms with Gasteiger partial charge in [-0.05, 0) is 24.5 Å². The Hall–Kier alpha value is -2.21. The number of aryl methyl sites for hydroxylation is 1. The normalized spacial score (nSPS) is 12.4. The van der Waals surface area contributed by atoms with E-state index in [1.165, 1.54) is 0 Å². The molecular weight excluding hydrogens is 268 g/mol. The molecule has 1 aromatic heterocycles. The fraction of sp³-hybridized carbons (Fsp3) is 0.400. The van der Waals surface area contributed by atoms with Crippen LogP contribution in [0.4, 0.5) is 5.69 Å². The maximum absolute atomic E-state index is 12.1. The van der Waals surface area contributed by atoms with Crippen molar-refractivity contribution in [1.82, 2.24) is 10.2 Å². The number of nitrogens with two attached hydrogens (primary N) is 1. The number of carbonyl (C=O) groups is 1. The predicted molar refractivity (Wildman–Crippen MR) is 80.5 cm³/mol. The van der Waals surface area contributed by atoms with Gasteiger partial charge in [0.05, 0.1) is 17.3 Å². The van der Waals surface area contributed by atoms with Crippen LogP contribution in [0.2, 0.25) is 0 Å². The average Bonchev–Trinajstić information content (AvgIpc) is 2.85. The van der Waals surface area contributed by atoms with Gasteiger partial charge in [0.1, 0.15) is 0 Å². The second-order valence-electron chi connectivity index (χ2n) is 5.40. The highest BCUT2D eigenvalue weighted by Crippen LogP contribution is 2.26. The van der Waals surface area contributed by atoms with Gasteiger partial charge < -0.3 is 15.5 Å². The van der Waals surface area contributed by atoms with Crippen molar-refractivity contribution >= 4 is 11.6 Å². The summed E-state index contributed by atoms with van der Waals surface area (Å²) in [6.45, 7) is 5.78. The molecule has 1 aromatic carbocycles. The Morgan fingerprint density at radius 1 is 1.33 bits per heavy atom.